The molecule has 0 unspecified atom stereocenters. The Balaban J connectivity index is 6.45. The summed E-state index contributed by atoms with van der Waals surface area (Å²) in [5, 5.41) is 0.0281. The second kappa shape index (κ2) is 18.3. The van der Waals surface area contributed by atoms with Crippen molar-refractivity contribution in [3.63, 3.8) is 0 Å². The van der Waals surface area contributed by atoms with Crippen molar-refractivity contribution in [3.05, 3.63) is 37.0 Å². The number of ketones is 1. The Morgan fingerprint density at radius 1 is 0.913 bits per heavy atom. The molecule has 0 heterocycles. The van der Waals surface area contributed by atoms with Gasteiger partial charge < -0.3 is 13.6 Å². The summed E-state index contributed by atoms with van der Waals surface area (Å²) in [5.74, 6) is -0.970. The van der Waals surface area contributed by atoms with Crippen molar-refractivity contribution in [2.45, 2.75) is 163 Å². The van der Waals surface area contributed by atoms with Gasteiger partial charge in [-0.25, -0.2) is 0 Å². The zero-order valence-corrected chi connectivity index (χ0v) is 33.2. The van der Waals surface area contributed by atoms with E-state index in [-0.39, 0.29) is 35.8 Å². The minimum atomic E-state index is -4.57. The number of carbonyl (C=O) groups is 2. The predicted octanol–water partition coefficient (Wildman–Crippen LogP) is 11.0. The minimum absolute atomic E-state index is 0.0281. The molecular weight excluding hydrogens is 626 g/mol. The van der Waals surface area contributed by atoms with E-state index in [4.69, 9.17) is 13.6 Å². The van der Waals surface area contributed by atoms with E-state index in [0.717, 1.165) is 30.3 Å². The summed E-state index contributed by atoms with van der Waals surface area (Å²) < 4.78 is 59.8. The number of halogens is 3. The molecule has 0 spiro atoms. The van der Waals surface area contributed by atoms with E-state index in [9.17, 15) is 22.8 Å². The Morgan fingerprint density at radius 3 is 1.83 bits per heavy atom. The lowest BCUT2D eigenvalue weighted by molar-refractivity contribution is -0.157. The molecule has 10 heteroatoms. The number of ether oxygens (including phenoxy) is 1. The van der Waals surface area contributed by atoms with Crippen LogP contribution in [0.15, 0.2) is 37.0 Å². The van der Waals surface area contributed by atoms with Crippen LogP contribution in [0.3, 0.4) is 0 Å². The third-order valence-corrected chi connectivity index (χ3v) is 19.2. The lowest BCUT2D eigenvalue weighted by Crippen LogP contribution is -2.50. The van der Waals surface area contributed by atoms with Crippen molar-refractivity contribution in [1.29, 1.82) is 0 Å². The molecule has 268 valence electrons. The molecule has 0 aliphatic rings. The highest BCUT2D eigenvalue weighted by Crippen LogP contribution is 2.43. The predicted molar refractivity (Wildman–Crippen MR) is 190 cm³/mol. The number of allylic oxidation sites excluding steroid dienone is 2. The molecule has 0 aromatic heterocycles. The highest BCUT2D eigenvalue weighted by Gasteiger charge is 2.45. The average Bonchev–Trinajstić information content (AvgIpc) is 2.93. The van der Waals surface area contributed by atoms with Crippen molar-refractivity contribution in [3.8, 4) is 0 Å². The summed E-state index contributed by atoms with van der Waals surface area (Å²) in [6.07, 6.45) is -2.64. The molecule has 0 bridgehead atoms. The zero-order chi connectivity index (χ0) is 36.3. The molecule has 5 nitrogen and oxygen atoms in total. The maximum absolute atomic E-state index is 13.5. The first kappa shape index (κ1) is 44.5. The maximum Gasteiger partial charge on any atom is 0.412 e. The Bertz CT molecular complexity index is 1020. The summed E-state index contributed by atoms with van der Waals surface area (Å²) >= 11 is 0. The molecular formula is C36H65F3O5Si2. The van der Waals surface area contributed by atoms with Gasteiger partial charge in [0.2, 0.25) is 0 Å². The fourth-order valence-corrected chi connectivity index (χ4v) is 10.1. The van der Waals surface area contributed by atoms with E-state index in [1.165, 1.54) is 6.92 Å². The minimum Gasteiger partial charge on any atom is -0.454 e. The number of rotatable bonds is 21. The Hall–Kier alpha value is -1.50. The number of hydrogen-bond donors (Lipinski definition) is 0. The third-order valence-electron chi connectivity index (χ3n) is 10.1. The number of hydrogen-bond acceptors (Lipinski definition) is 5. The monoisotopic (exact) mass is 690 g/mol. The molecule has 0 fully saturated rings. The van der Waals surface area contributed by atoms with E-state index < -0.39 is 64.2 Å². The van der Waals surface area contributed by atoms with E-state index in [1.54, 1.807) is 0 Å². The zero-order valence-electron chi connectivity index (χ0n) is 31.2. The highest BCUT2D eigenvalue weighted by atomic mass is 28.4. The molecule has 0 aromatic carbocycles. The van der Waals surface area contributed by atoms with E-state index in [0.29, 0.717) is 6.42 Å². The smallest absolute Gasteiger partial charge is 0.412 e. The molecule has 0 rings (SSSR count). The topological polar surface area (TPSA) is 61.8 Å². The van der Waals surface area contributed by atoms with Crippen molar-refractivity contribution < 1.29 is 36.3 Å². The summed E-state index contributed by atoms with van der Waals surface area (Å²) in [6.45, 7) is 34.7. The van der Waals surface area contributed by atoms with Gasteiger partial charge in [-0.15, -0.1) is 13.2 Å². The fourth-order valence-electron chi connectivity index (χ4n) is 5.62. The quantitative estimate of drug-likeness (QED) is 0.0681. The summed E-state index contributed by atoms with van der Waals surface area (Å²) in [6, 6.07) is 2.64. The molecule has 0 radical (unpaired) electrons. The van der Waals surface area contributed by atoms with Gasteiger partial charge >= 0.3 is 12.1 Å². The van der Waals surface area contributed by atoms with Crippen LogP contribution in [0, 0.1) is 17.3 Å². The fraction of sp³-hybridized carbons (Fsp3) is 0.778. The van der Waals surface area contributed by atoms with E-state index in [1.807, 2.05) is 6.08 Å². The number of esters is 1. The van der Waals surface area contributed by atoms with Gasteiger partial charge in [0.25, 0.3) is 0 Å². The lowest BCUT2D eigenvalue weighted by atomic mass is 9.74. The summed E-state index contributed by atoms with van der Waals surface area (Å²) in [7, 11) is -4.32. The maximum atomic E-state index is 13.5. The van der Waals surface area contributed by atoms with Gasteiger partial charge in [0.1, 0.15) is 0 Å². The molecule has 46 heavy (non-hydrogen) atoms. The van der Waals surface area contributed by atoms with Crippen LogP contribution in [-0.2, 0) is 23.2 Å². The molecule has 0 saturated carbocycles. The van der Waals surface area contributed by atoms with Crippen LogP contribution in [0.1, 0.15) is 102 Å². The van der Waals surface area contributed by atoms with Gasteiger partial charge in [-0.2, -0.15) is 13.2 Å². The third kappa shape index (κ3) is 13.6. The van der Waals surface area contributed by atoms with Gasteiger partial charge in [-0.3, -0.25) is 9.59 Å². The molecule has 0 N–H and O–H groups in total. The first-order chi connectivity index (χ1) is 20.9. The van der Waals surface area contributed by atoms with Crippen LogP contribution >= 0.6 is 0 Å². The standard InChI is InChI=1S/C36H65F3O5Si2/c1-16-21-29(36(37,38)39)22-23-30(28(8)40)42-32(41)24-31(43-46(18-3,19-4)20-5)35(12,13)25-27(7)33(26(6)17-2)44-45(14,15)34(9,10)11/h16-17,22,26-27,30-31,33H,1-2,18-21,23-25H2,3-15H3/b29-22+/t26-,27+,30-,31-,33+/m0/s1. The van der Waals surface area contributed by atoms with Crippen molar-refractivity contribution >= 4 is 28.4 Å². The molecule has 0 amide bonds. The first-order valence-electron chi connectivity index (χ1n) is 16.9. The molecule has 5 atom stereocenters. The second-order valence-electron chi connectivity index (χ2n) is 15.2. The van der Waals surface area contributed by atoms with Crippen LogP contribution in [0.5, 0.6) is 0 Å². The number of carbonyl (C=O) groups excluding carboxylic acids is 2. The molecule has 0 saturated heterocycles. The van der Waals surface area contributed by atoms with Crippen molar-refractivity contribution in [2.75, 3.05) is 0 Å². The SMILES string of the molecule is C=CC/C(=C\C[C@H](OC(=O)C[C@H](O[Si](CC)(CC)CC)C(C)(C)C[C@@H](C)[C@H](O[Si](C)(C)C(C)(C)C)[C@@H](C)C=C)C(C)=O)C(F)(F)F. The summed E-state index contributed by atoms with van der Waals surface area (Å²) in [5.41, 5.74) is -1.32. The molecule has 0 aliphatic carbocycles. The molecule has 0 aliphatic heterocycles. The van der Waals surface area contributed by atoms with Crippen LogP contribution in [-0.4, -0.2) is 52.9 Å². The second-order valence-corrected chi connectivity index (χ2v) is 24.7. The largest absolute Gasteiger partial charge is 0.454 e. The number of Topliss-reactive ketones (excluding diaryl/α,β-unsaturated/α-hetero) is 1. The van der Waals surface area contributed by atoms with Gasteiger partial charge in [-0.1, -0.05) is 87.5 Å². The first-order valence-corrected chi connectivity index (χ1v) is 22.4. The Morgan fingerprint density at radius 2 is 1.43 bits per heavy atom. The van der Waals surface area contributed by atoms with E-state index >= 15 is 0 Å². The van der Waals surface area contributed by atoms with Crippen molar-refractivity contribution in [1.82, 2.24) is 0 Å². The van der Waals surface area contributed by atoms with E-state index in [2.05, 4.69) is 95.5 Å². The van der Waals surface area contributed by atoms with Crippen LogP contribution in [0.25, 0.3) is 0 Å². The van der Waals surface area contributed by atoms with Crippen LogP contribution in [0.4, 0.5) is 13.2 Å². The Labute approximate surface area is 281 Å². The van der Waals surface area contributed by atoms with Gasteiger partial charge in [-0.05, 0) is 73.3 Å². The highest BCUT2D eigenvalue weighted by molar-refractivity contribution is 6.74. The number of alkyl halides is 3. The van der Waals surface area contributed by atoms with Gasteiger partial charge in [0.15, 0.2) is 28.5 Å². The van der Waals surface area contributed by atoms with Gasteiger partial charge in [0.05, 0.1) is 18.6 Å². The van der Waals surface area contributed by atoms with Crippen LogP contribution in [0.2, 0.25) is 36.3 Å². The Kier molecular flexibility index (Phi) is 17.7. The van der Waals surface area contributed by atoms with Crippen LogP contribution < -0.4 is 0 Å². The average molecular weight is 691 g/mol. The summed E-state index contributed by atoms with van der Waals surface area (Å²) in [4.78, 5) is 25.9. The molecule has 0 aromatic rings. The normalized spacial score (nSPS) is 17.1. The van der Waals surface area contributed by atoms with Crippen molar-refractivity contribution in [2.24, 2.45) is 17.3 Å². The lowest BCUT2D eigenvalue weighted by Gasteiger charge is -2.46. The van der Waals surface area contributed by atoms with Gasteiger partial charge in [0, 0.05) is 12.0 Å².